The first-order valence-corrected chi connectivity index (χ1v) is 12.0. The number of piperazine rings is 1. The monoisotopic (exact) mass is 487 g/mol. The summed E-state index contributed by atoms with van der Waals surface area (Å²) < 4.78 is 24.0. The number of ether oxygens (including phenoxy) is 2. The molecule has 35 heavy (non-hydrogen) atoms. The van der Waals surface area contributed by atoms with Crippen molar-refractivity contribution in [3.8, 4) is 5.75 Å². The Morgan fingerprint density at radius 3 is 2.37 bits per heavy atom. The van der Waals surface area contributed by atoms with Crippen LogP contribution in [0.25, 0.3) is 0 Å². The highest BCUT2D eigenvalue weighted by Gasteiger charge is 2.27. The van der Waals surface area contributed by atoms with Gasteiger partial charge >= 0.3 is 11.7 Å². The third-order valence-corrected chi connectivity index (χ3v) is 6.40. The first kappa shape index (κ1) is 26.4. The van der Waals surface area contributed by atoms with Gasteiger partial charge in [-0.15, -0.1) is 0 Å². The van der Waals surface area contributed by atoms with Crippen LogP contribution in [0, 0.1) is 22.9 Å². The summed E-state index contributed by atoms with van der Waals surface area (Å²) in [6.45, 7) is 9.95. The van der Waals surface area contributed by atoms with Gasteiger partial charge in [-0.05, 0) is 73.7 Å². The highest BCUT2D eigenvalue weighted by molar-refractivity contribution is 5.75. The van der Waals surface area contributed by atoms with E-state index in [0.717, 1.165) is 49.5 Å². The number of carbonyl (C=O) groups is 1. The summed E-state index contributed by atoms with van der Waals surface area (Å²) in [6.07, 6.45) is 0.128. The number of hydrogen-bond donors (Lipinski definition) is 0. The molecule has 2 aromatic carbocycles. The van der Waals surface area contributed by atoms with E-state index in [1.54, 1.807) is 18.2 Å². The molecule has 0 amide bonds. The largest absolute Gasteiger partial charge is 0.472 e. The zero-order valence-corrected chi connectivity index (χ0v) is 20.8. The molecule has 0 bridgehead atoms. The van der Waals surface area contributed by atoms with E-state index in [2.05, 4.69) is 9.80 Å². The van der Waals surface area contributed by atoms with E-state index >= 15 is 0 Å². The molecular formula is C26H34FN3O5. The summed E-state index contributed by atoms with van der Waals surface area (Å²) in [7, 11) is 1.29. The summed E-state index contributed by atoms with van der Waals surface area (Å²) >= 11 is 0. The van der Waals surface area contributed by atoms with Gasteiger partial charge in [0.15, 0.2) is 11.9 Å². The van der Waals surface area contributed by atoms with Gasteiger partial charge in [-0.2, -0.15) is 0 Å². The summed E-state index contributed by atoms with van der Waals surface area (Å²) in [5.74, 6) is -0.583. The minimum Gasteiger partial charge on any atom is -0.472 e. The van der Waals surface area contributed by atoms with Gasteiger partial charge in [0.25, 0.3) is 0 Å². The van der Waals surface area contributed by atoms with Crippen molar-refractivity contribution in [2.24, 2.45) is 0 Å². The van der Waals surface area contributed by atoms with Crippen LogP contribution < -0.4 is 9.64 Å². The van der Waals surface area contributed by atoms with Crippen LogP contribution in [0.4, 0.5) is 15.8 Å². The fourth-order valence-corrected chi connectivity index (χ4v) is 4.44. The fraction of sp³-hybridized carbons (Fsp3) is 0.500. The van der Waals surface area contributed by atoms with E-state index in [1.165, 1.54) is 25.3 Å². The molecule has 3 rings (SSSR count). The molecule has 8 nitrogen and oxygen atoms in total. The van der Waals surface area contributed by atoms with Crippen molar-refractivity contribution in [3.63, 3.8) is 0 Å². The Morgan fingerprint density at radius 1 is 1.14 bits per heavy atom. The molecule has 0 spiro atoms. The number of esters is 1. The number of hydrogen-bond acceptors (Lipinski definition) is 7. The lowest BCUT2D eigenvalue weighted by Gasteiger charge is -2.36. The standard InChI is InChI=1S/C26H34FN3O5/c1-18(2)22-17-23(30(32)33)25(16-19(22)3)35-24(26(31)34-4)6-5-11-28-12-14-29(15-13-28)21-9-7-20(27)8-10-21/h7-10,16-18,24H,5-6,11-15H2,1-4H3. The highest BCUT2D eigenvalue weighted by Crippen LogP contribution is 2.34. The van der Waals surface area contributed by atoms with Crippen molar-refractivity contribution in [2.75, 3.05) is 44.7 Å². The van der Waals surface area contributed by atoms with E-state index in [1.807, 2.05) is 20.8 Å². The molecule has 2 aromatic rings. The molecule has 0 aromatic heterocycles. The number of nitro benzene ring substituents is 1. The molecular weight excluding hydrogens is 453 g/mol. The predicted molar refractivity (Wildman–Crippen MR) is 133 cm³/mol. The number of nitro groups is 1. The van der Waals surface area contributed by atoms with Crippen molar-refractivity contribution in [1.82, 2.24) is 4.90 Å². The molecule has 1 saturated heterocycles. The van der Waals surface area contributed by atoms with Gasteiger partial charge in [-0.25, -0.2) is 9.18 Å². The predicted octanol–water partition coefficient (Wildman–Crippen LogP) is 4.69. The fourth-order valence-electron chi connectivity index (χ4n) is 4.44. The normalized spacial score (nSPS) is 15.2. The molecule has 0 aliphatic carbocycles. The van der Waals surface area contributed by atoms with Gasteiger partial charge < -0.3 is 14.4 Å². The van der Waals surface area contributed by atoms with Gasteiger partial charge in [-0.3, -0.25) is 15.0 Å². The lowest BCUT2D eigenvalue weighted by molar-refractivity contribution is -0.386. The Labute approximate surface area is 205 Å². The average Bonchev–Trinajstić information content (AvgIpc) is 2.83. The van der Waals surface area contributed by atoms with Crippen molar-refractivity contribution < 1.29 is 23.6 Å². The number of anilines is 1. The van der Waals surface area contributed by atoms with Crippen LogP contribution in [0.3, 0.4) is 0 Å². The smallest absolute Gasteiger partial charge is 0.347 e. The van der Waals surface area contributed by atoms with Crippen molar-refractivity contribution in [3.05, 3.63) is 63.5 Å². The van der Waals surface area contributed by atoms with Gasteiger partial charge in [0.2, 0.25) is 0 Å². The lowest BCUT2D eigenvalue weighted by Crippen LogP contribution is -2.46. The molecule has 1 fully saturated rings. The molecule has 0 N–H and O–H groups in total. The van der Waals surface area contributed by atoms with Gasteiger partial charge in [0, 0.05) is 37.9 Å². The van der Waals surface area contributed by atoms with Crippen LogP contribution in [0.2, 0.25) is 0 Å². The molecule has 1 unspecified atom stereocenters. The number of carbonyl (C=O) groups excluding carboxylic acids is 1. The maximum atomic E-state index is 13.2. The molecule has 1 aliphatic rings. The van der Waals surface area contributed by atoms with E-state index in [4.69, 9.17) is 9.47 Å². The van der Waals surface area contributed by atoms with E-state index < -0.39 is 17.0 Å². The Bertz CT molecular complexity index is 1020. The molecule has 1 heterocycles. The lowest BCUT2D eigenvalue weighted by atomic mass is 9.97. The van der Waals surface area contributed by atoms with Crippen LogP contribution in [-0.4, -0.2) is 61.7 Å². The number of methoxy groups -OCH3 is 1. The number of nitrogens with zero attached hydrogens (tertiary/aromatic N) is 3. The average molecular weight is 488 g/mol. The summed E-state index contributed by atoms with van der Waals surface area (Å²) in [5, 5.41) is 11.7. The SMILES string of the molecule is COC(=O)C(CCCN1CCN(c2ccc(F)cc2)CC1)Oc1cc(C)c(C(C)C)cc1[N+](=O)[O-]. The third kappa shape index (κ3) is 6.91. The summed E-state index contributed by atoms with van der Waals surface area (Å²) in [5.41, 5.74) is 2.61. The summed E-state index contributed by atoms with van der Waals surface area (Å²) in [4.78, 5) is 28.1. The first-order chi connectivity index (χ1) is 16.7. The van der Waals surface area contributed by atoms with Crippen molar-refractivity contribution in [1.29, 1.82) is 0 Å². The number of rotatable bonds is 10. The molecule has 0 radical (unpaired) electrons. The molecule has 1 atom stereocenters. The maximum Gasteiger partial charge on any atom is 0.347 e. The topological polar surface area (TPSA) is 85.2 Å². The second kappa shape index (κ2) is 12.0. The Balaban J connectivity index is 1.59. The second-order valence-corrected chi connectivity index (χ2v) is 9.17. The van der Waals surface area contributed by atoms with Gasteiger partial charge in [-0.1, -0.05) is 13.8 Å². The van der Waals surface area contributed by atoms with Crippen LogP contribution in [0.1, 0.15) is 43.7 Å². The van der Waals surface area contributed by atoms with Crippen LogP contribution >= 0.6 is 0 Å². The minimum absolute atomic E-state index is 0.0835. The van der Waals surface area contributed by atoms with E-state index in [9.17, 15) is 19.3 Å². The number of benzene rings is 2. The number of halogens is 1. The minimum atomic E-state index is -0.927. The van der Waals surface area contributed by atoms with Gasteiger partial charge in [0.05, 0.1) is 12.0 Å². The Hall–Kier alpha value is -3.20. The van der Waals surface area contributed by atoms with E-state index in [-0.39, 0.29) is 23.2 Å². The molecule has 190 valence electrons. The molecule has 1 aliphatic heterocycles. The Kier molecular flexibility index (Phi) is 9.03. The zero-order chi connectivity index (χ0) is 25.5. The zero-order valence-electron chi connectivity index (χ0n) is 20.8. The van der Waals surface area contributed by atoms with Crippen molar-refractivity contribution in [2.45, 2.75) is 45.6 Å². The number of aryl methyl sites for hydroxylation is 1. The van der Waals surface area contributed by atoms with Gasteiger partial charge in [0.1, 0.15) is 5.82 Å². The van der Waals surface area contributed by atoms with Crippen LogP contribution in [0.15, 0.2) is 36.4 Å². The van der Waals surface area contributed by atoms with Crippen LogP contribution in [-0.2, 0) is 9.53 Å². The third-order valence-electron chi connectivity index (χ3n) is 6.40. The second-order valence-electron chi connectivity index (χ2n) is 9.17. The first-order valence-electron chi connectivity index (χ1n) is 12.0. The maximum absolute atomic E-state index is 13.2. The van der Waals surface area contributed by atoms with Crippen molar-refractivity contribution >= 4 is 17.3 Å². The highest BCUT2D eigenvalue weighted by atomic mass is 19.1. The Morgan fingerprint density at radius 2 is 1.80 bits per heavy atom. The summed E-state index contributed by atoms with van der Waals surface area (Å²) in [6, 6.07) is 9.69. The van der Waals surface area contributed by atoms with E-state index in [0.29, 0.717) is 12.8 Å². The molecule has 9 heteroatoms. The quantitative estimate of drug-likeness (QED) is 0.273. The van der Waals surface area contributed by atoms with Crippen LogP contribution in [0.5, 0.6) is 5.75 Å². The molecule has 0 saturated carbocycles.